The quantitative estimate of drug-likeness (QED) is 0.404. The minimum Gasteiger partial charge on any atom is -0.461 e. The zero-order valence-electron chi connectivity index (χ0n) is 9.27. The molecule has 16 heavy (non-hydrogen) atoms. The molecule has 0 aliphatic heterocycles. The van der Waals surface area contributed by atoms with Gasteiger partial charge in [0.2, 0.25) is 0 Å². The van der Waals surface area contributed by atoms with Crippen LogP contribution in [0, 0.1) is 0 Å². The van der Waals surface area contributed by atoms with Crippen molar-refractivity contribution in [1.29, 1.82) is 0 Å². The predicted octanol–water partition coefficient (Wildman–Crippen LogP) is 2.20. The number of hydrogen-bond donors (Lipinski definition) is 0. The van der Waals surface area contributed by atoms with Crippen molar-refractivity contribution in [1.82, 2.24) is 4.98 Å². The van der Waals surface area contributed by atoms with E-state index in [9.17, 15) is 4.79 Å². The van der Waals surface area contributed by atoms with Crippen LogP contribution in [0.2, 0.25) is 0 Å². The first-order chi connectivity index (χ1) is 7.77. The number of ether oxygens (including phenoxy) is 2. The molecular formula is C11H15NO4. The van der Waals surface area contributed by atoms with Crippen LogP contribution in [0.1, 0.15) is 30.3 Å². The molecule has 0 aliphatic rings. The summed E-state index contributed by atoms with van der Waals surface area (Å²) in [4.78, 5) is 15.1. The third-order valence-electron chi connectivity index (χ3n) is 1.75. The summed E-state index contributed by atoms with van der Waals surface area (Å²) >= 11 is 0. The Morgan fingerprint density at radius 2 is 2.50 bits per heavy atom. The van der Waals surface area contributed by atoms with Gasteiger partial charge in [-0.05, 0) is 19.8 Å². The van der Waals surface area contributed by atoms with E-state index >= 15 is 0 Å². The van der Waals surface area contributed by atoms with Gasteiger partial charge in [-0.1, -0.05) is 6.08 Å². The first-order valence-electron chi connectivity index (χ1n) is 5.14. The lowest BCUT2D eigenvalue weighted by molar-refractivity contribution is 0.0519. The molecule has 1 aromatic heterocycles. The molecule has 0 amide bonds. The largest absolute Gasteiger partial charge is 0.461 e. The van der Waals surface area contributed by atoms with Crippen LogP contribution in [-0.2, 0) is 4.74 Å². The summed E-state index contributed by atoms with van der Waals surface area (Å²) in [6.45, 7) is 6.11. The van der Waals surface area contributed by atoms with Crippen LogP contribution in [0.3, 0.4) is 0 Å². The molecule has 1 aromatic rings. The molecule has 0 aromatic carbocycles. The van der Waals surface area contributed by atoms with E-state index in [2.05, 4.69) is 11.6 Å². The summed E-state index contributed by atoms with van der Waals surface area (Å²) in [5, 5.41) is 0. The topological polar surface area (TPSA) is 61.6 Å². The van der Waals surface area contributed by atoms with Crippen LogP contribution in [0.5, 0.6) is 6.08 Å². The van der Waals surface area contributed by atoms with E-state index in [0.29, 0.717) is 13.2 Å². The Kier molecular flexibility index (Phi) is 5.11. The fraction of sp³-hybridized carbons (Fsp3) is 0.455. The van der Waals surface area contributed by atoms with Crippen molar-refractivity contribution in [3.05, 3.63) is 24.6 Å². The molecule has 0 saturated carbocycles. The number of carbonyl (C=O) groups is 1. The molecule has 0 aliphatic carbocycles. The fourth-order valence-corrected chi connectivity index (χ4v) is 1.01. The molecule has 5 heteroatoms. The second kappa shape index (κ2) is 6.66. The highest BCUT2D eigenvalue weighted by Crippen LogP contribution is 2.11. The zero-order chi connectivity index (χ0) is 11.8. The van der Waals surface area contributed by atoms with Crippen molar-refractivity contribution in [2.45, 2.75) is 19.8 Å². The van der Waals surface area contributed by atoms with E-state index in [1.807, 2.05) is 6.08 Å². The average molecular weight is 225 g/mol. The molecule has 5 nitrogen and oxygen atoms in total. The van der Waals surface area contributed by atoms with Gasteiger partial charge in [-0.3, -0.25) is 0 Å². The third-order valence-corrected chi connectivity index (χ3v) is 1.75. The van der Waals surface area contributed by atoms with Gasteiger partial charge < -0.3 is 13.9 Å². The molecule has 0 bridgehead atoms. The van der Waals surface area contributed by atoms with Gasteiger partial charge in [-0.2, -0.15) is 4.98 Å². The minimum atomic E-state index is -0.507. The molecule has 0 unspecified atom stereocenters. The average Bonchev–Trinajstić information content (AvgIpc) is 2.73. The van der Waals surface area contributed by atoms with Crippen LogP contribution >= 0.6 is 0 Å². The molecule has 0 fully saturated rings. The van der Waals surface area contributed by atoms with Crippen molar-refractivity contribution in [3.63, 3.8) is 0 Å². The van der Waals surface area contributed by atoms with E-state index in [0.717, 1.165) is 12.8 Å². The SMILES string of the molecule is C=CCCCOc1nc(C(=O)OCC)co1. The lowest BCUT2D eigenvalue weighted by atomic mass is 10.3. The Morgan fingerprint density at radius 3 is 3.19 bits per heavy atom. The van der Waals surface area contributed by atoms with Crippen molar-refractivity contribution in [3.8, 4) is 6.08 Å². The van der Waals surface area contributed by atoms with Gasteiger partial charge in [-0.25, -0.2) is 4.79 Å². The molecule has 1 rings (SSSR count). The van der Waals surface area contributed by atoms with Crippen molar-refractivity contribution in [2.75, 3.05) is 13.2 Å². The summed E-state index contributed by atoms with van der Waals surface area (Å²) in [5.41, 5.74) is 0.126. The summed E-state index contributed by atoms with van der Waals surface area (Å²) < 4.78 is 14.9. The molecule has 88 valence electrons. The standard InChI is InChI=1S/C11H15NO4/c1-3-5-6-7-15-11-12-9(8-16-11)10(13)14-4-2/h3,8H,1,4-7H2,2H3. The van der Waals surface area contributed by atoms with E-state index in [1.54, 1.807) is 6.92 Å². The van der Waals surface area contributed by atoms with Gasteiger partial charge in [0.05, 0.1) is 13.2 Å². The summed E-state index contributed by atoms with van der Waals surface area (Å²) in [5.74, 6) is -0.507. The van der Waals surface area contributed by atoms with E-state index in [4.69, 9.17) is 13.9 Å². The minimum absolute atomic E-state index is 0.0899. The van der Waals surface area contributed by atoms with Crippen LogP contribution in [0.4, 0.5) is 0 Å². The Labute approximate surface area is 94.1 Å². The maximum atomic E-state index is 11.2. The molecular weight excluding hydrogens is 210 g/mol. The van der Waals surface area contributed by atoms with Crippen LogP contribution < -0.4 is 4.74 Å². The molecule has 0 spiro atoms. The predicted molar refractivity (Wildman–Crippen MR) is 57.4 cm³/mol. The number of nitrogens with zero attached hydrogens (tertiary/aromatic N) is 1. The highest BCUT2D eigenvalue weighted by atomic mass is 16.6. The van der Waals surface area contributed by atoms with Crippen LogP contribution in [-0.4, -0.2) is 24.2 Å². The van der Waals surface area contributed by atoms with E-state index < -0.39 is 5.97 Å². The van der Waals surface area contributed by atoms with Crippen LogP contribution in [0.25, 0.3) is 0 Å². The highest BCUT2D eigenvalue weighted by Gasteiger charge is 2.13. The first kappa shape index (κ1) is 12.3. The molecule has 0 radical (unpaired) electrons. The lowest BCUT2D eigenvalue weighted by Gasteiger charge is -1.98. The van der Waals surface area contributed by atoms with Crippen molar-refractivity contribution < 1.29 is 18.7 Å². The lowest BCUT2D eigenvalue weighted by Crippen LogP contribution is -2.05. The van der Waals surface area contributed by atoms with E-state index in [1.165, 1.54) is 6.26 Å². The Morgan fingerprint density at radius 1 is 1.69 bits per heavy atom. The molecule has 1 heterocycles. The smallest absolute Gasteiger partial charge is 0.394 e. The Hall–Kier alpha value is -1.78. The number of allylic oxidation sites excluding steroid dienone is 1. The first-order valence-corrected chi connectivity index (χ1v) is 5.14. The van der Waals surface area contributed by atoms with E-state index in [-0.39, 0.29) is 11.8 Å². The van der Waals surface area contributed by atoms with Crippen molar-refractivity contribution in [2.24, 2.45) is 0 Å². The monoisotopic (exact) mass is 225 g/mol. The van der Waals surface area contributed by atoms with Gasteiger partial charge in [0, 0.05) is 0 Å². The summed E-state index contributed by atoms with van der Waals surface area (Å²) in [7, 11) is 0. The number of rotatable bonds is 7. The maximum Gasteiger partial charge on any atom is 0.394 e. The highest BCUT2D eigenvalue weighted by molar-refractivity contribution is 5.86. The van der Waals surface area contributed by atoms with Gasteiger partial charge in [0.15, 0.2) is 5.69 Å². The normalized spacial score (nSPS) is 9.81. The number of unbranched alkanes of at least 4 members (excludes halogenated alkanes) is 1. The number of carbonyl (C=O) groups excluding carboxylic acids is 1. The van der Waals surface area contributed by atoms with Gasteiger partial charge in [0.25, 0.3) is 0 Å². The summed E-state index contributed by atoms with van der Waals surface area (Å²) in [6.07, 6.45) is 4.82. The number of oxazole rings is 1. The number of hydrogen-bond acceptors (Lipinski definition) is 5. The van der Waals surface area contributed by atoms with Crippen LogP contribution in [0.15, 0.2) is 23.3 Å². The second-order valence-electron chi connectivity index (χ2n) is 3.00. The summed E-state index contributed by atoms with van der Waals surface area (Å²) in [6, 6.07) is 0. The second-order valence-corrected chi connectivity index (χ2v) is 3.00. The number of aromatic nitrogens is 1. The Bertz CT molecular complexity index is 346. The molecule has 0 N–H and O–H groups in total. The molecule has 0 atom stereocenters. The van der Waals surface area contributed by atoms with Crippen molar-refractivity contribution >= 4 is 5.97 Å². The van der Waals surface area contributed by atoms with Gasteiger partial charge >= 0.3 is 12.0 Å². The Balaban J connectivity index is 2.39. The molecule has 0 saturated heterocycles. The third kappa shape index (κ3) is 3.76. The zero-order valence-corrected chi connectivity index (χ0v) is 9.27. The van der Waals surface area contributed by atoms with Gasteiger partial charge in [-0.15, -0.1) is 6.58 Å². The maximum absolute atomic E-state index is 11.2. The fourth-order valence-electron chi connectivity index (χ4n) is 1.01. The van der Waals surface area contributed by atoms with Gasteiger partial charge in [0.1, 0.15) is 6.26 Å². The number of esters is 1.